The standard InChI is InChI=1S/C31H32F4N6O3/c1-30(2,3)44-29(43)41-13-11-40(12-14-41)25-6-4-5-23(26(25)31(33,34)35)39-28(42)21-9-10-22(32)20(16-21)8-7-19-15-24-27(36-17-19)38-18-37-24/h4-6,9-10,15-18H,7-8,11-14H2,1-3H3,(H,39,42)(H,36,37,38). The summed E-state index contributed by atoms with van der Waals surface area (Å²) in [5.74, 6) is -1.33. The monoisotopic (exact) mass is 612 g/mol. The summed E-state index contributed by atoms with van der Waals surface area (Å²) in [6.07, 6.45) is -1.49. The first kappa shape index (κ1) is 30.8. The summed E-state index contributed by atoms with van der Waals surface area (Å²) in [5.41, 5.74) is 0.162. The molecule has 0 unspecified atom stereocenters. The number of pyridine rings is 1. The first-order chi connectivity index (χ1) is 20.8. The van der Waals surface area contributed by atoms with Gasteiger partial charge < -0.3 is 24.8 Å². The number of aryl methyl sites for hydroxylation is 2. The van der Waals surface area contributed by atoms with Gasteiger partial charge in [0.25, 0.3) is 5.91 Å². The molecule has 1 aliphatic heterocycles. The Morgan fingerprint density at radius 3 is 2.45 bits per heavy atom. The van der Waals surface area contributed by atoms with Crippen molar-refractivity contribution >= 4 is 34.5 Å². The average Bonchev–Trinajstić information content (AvgIpc) is 3.43. The SMILES string of the molecule is CC(C)(C)OC(=O)N1CCN(c2cccc(NC(=O)c3ccc(F)c(CCc4cnc5[nH]cnc5c4)c3)c2C(F)(F)F)CC1. The first-order valence-electron chi connectivity index (χ1n) is 14.1. The zero-order valence-corrected chi connectivity index (χ0v) is 24.5. The van der Waals surface area contributed by atoms with Gasteiger partial charge in [-0.1, -0.05) is 6.07 Å². The van der Waals surface area contributed by atoms with Crippen LogP contribution >= 0.6 is 0 Å². The van der Waals surface area contributed by atoms with E-state index in [1.807, 2.05) is 6.07 Å². The molecule has 0 atom stereocenters. The molecular formula is C31H32F4N6O3. The van der Waals surface area contributed by atoms with Crippen molar-refractivity contribution in [2.45, 2.75) is 45.4 Å². The molecule has 1 aliphatic rings. The number of anilines is 2. The lowest BCUT2D eigenvalue weighted by atomic mass is 10.0. The number of fused-ring (bicyclic) bond motifs is 1. The summed E-state index contributed by atoms with van der Waals surface area (Å²) in [5, 5.41) is 2.39. The van der Waals surface area contributed by atoms with E-state index in [0.29, 0.717) is 17.6 Å². The van der Waals surface area contributed by atoms with Gasteiger partial charge in [-0.3, -0.25) is 4.79 Å². The molecule has 44 heavy (non-hydrogen) atoms. The number of nitrogens with zero attached hydrogens (tertiary/aromatic N) is 4. The predicted molar refractivity (Wildman–Crippen MR) is 157 cm³/mol. The van der Waals surface area contributed by atoms with Crippen molar-refractivity contribution in [2.24, 2.45) is 0 Å². The third-order valence-electron chi connectivity index (χ3n) is 7.17. The number of hydrogen-bond acceptors (Lipinski definition) is 6. The highest BCUT2D eigenvalue weighted by molar-refractivity contribution is 6.05. The summed E-state index contributed by atoms with van der Waals surface area (Å²) in [4.78, 5) is 39.9. The van der Waals surface area contributed by atoms with Crippen molar-refractivity contribution in [2.75, 3.05) is 36.4 Å². The second kappa shape index (κ2) is 12.1. The Morgan fingerprint density at radius 1 is 1.00 bits per heavy atom. The van der Waals surface area contributed by atoms with Gasteiger partial charge >= 0.3 is 12.3 Å². The van der Waals surface area contributed by atoms with Crippen LogP contribution in [0.3, 0.4) is 0 Å². The Bertz CT molecular complexity index is 1670. The van der Waals surface area contributed by atoms with E-state index in [9.17, 15) is 27.2 Å². The largest absolute Gasteiger partial charge is 0.444 e. The van der Waals surface area contributed by atoms with Gasteiger partial charge in [0.05, 0.1) is 17.7 Å². The summed E-state index contributed by atoms with van der Waals surface area (Å²) in [6, 6.07) is 9.50. The van der Waals surface area contributed by atoms with Crippen LogP contribution in [0.2, 0.25) is 0 Å². The Labute approximate surface area is 251 Å². The minimum atomic E-state index is -4.79. The van der Waals surface area contributed by atoms with E-state index in [0.717, 1.165) is 11.6 Å². The van der Waals surface area contributed by atoms with Gasteiger partial charge in [0.1, 0.15) is 22.5 Å². The van der Waals surface area contributed by atoms with E-state index >= 15 is 0 Å². The number of carbonyl (C=O) groups excluding carboxylic acids is 2. The molecule has 2 amide bonds. The highest BCUT2D eigenvalue weighted by atomic mass is 19.4. The van der Waals surface area contributed by atoms with Crippen molar-refractivity contribution in [3.05, 3.63) is 83.1 Å². The normalized spacial score (nSPS) is 14.2. The van der Waals surface area contributed by atoms with Crippen LogP contribution in [0.5, 0.6) is 0 Å². The molecule has 13 heteroatoms. The van der Waals surface area contributed by atoms with Gasteiger partial charge in [0, 0.05) is 37.9 Å². The maximum absolute atomic E-state index is 14.7. The summed E-state index contributed by atoms with van der Waals surface area (Å²) in [6.45, 7) is 5.85. The van der Waals surface area contributed by atoms with Crippen LogP contribution in [0.25, 0.3) is 11.2 Å². The van der Waals surface area contributed by atoms with Crippen molar-refractivity contribution in [1.29, 1.82) is 0 Å². The number of imidazole rings is 1. The highest BCUT2D eigenvalue weighted by Gasteiger charge is 2.39. The van der Waals surface area contributed by atoms with Gasteiger partial charge in [-0.2, -0.15) is 13.2 Å². The fourth-order valence-electron chi connectivity index (χ4n) is 5.05. The second-order valence-corrected chi connectivity index (χ2v) is 11.5. The fraction of sp³-hybridized carbons (Fsp3) is 0.355. The van der Waals surface area contributed by atoms with Gasteiger partial charge in [0.15, 0.2) is 5.65 Å². The lowest BCUT2D eigenvalue weighted by molar-refractivity contribution is -0.136. The summed E-state index contributed by atoms with van der Waals surface area (Å²) in [7, 11) is 0. The molecule has 0 bridgehead atoms. The maximum atomic E-state index is 14.7. The number of rotatable bonds is 6. The van der Waals surface area contributed by atoms with Crippen molar-refractivity contribution in [3.8, 4) is 0 Å². The van der Waals surface area contributed by atoms with Crippen molar-refractivity contribution in [1.82, 2.24) is 19.9 Å². The van der Waals surface area contributed by atoms with Gasteiger partial charge in [-0.15, -0.1) is 0 Å². The molecule has 5 rings (SSSR count). The van der Waals surface area contributed by atoms with E-state index in [4.69, 9.17) is 4.74 Å². The Morgan fingerprint density at radius 2 is 1.75 bits per heavy atom. The first-order valence-corrected chi connectivity index (χ1v) is 14.1. The number of benzene rings is 2. The number of halogens is 4. The third-order valence-corrected chi connectivity index (χ3v) is 7.17. The molecule has 0 radical (unpaired) electrons. The van der Waals surface area contributed by atoms with E-state index in [1.165, 1.54) is 46.5 Å². The summed E-state index contributed by atoms with van der Waals surface area (Å²) >= 11 is 0. The maximum Gasteiger partial charge on any atom is 0.420 e. The molecule has 4 aromatic rings. The Hall–Kier alpha value is -4.68. The van der Waals surface area contributed by atoms with Gasteiger partial charge in [-0.05, 0) is 81.1 Å². The molecular weight excluding hydrogens is 580 g/mol. The lowest BCUT2D eigenvalue weighted by Crippen LogP contribution is -2.50. The number of aromatic nitrogens is 3. The molecule has 2 aromatic heterocycles. The smallest absolute Gasteiger partial charge is 0.420 e. The van der Waals surface area contributed by atoms with Crippen molar-refractivity contribution in [3.63, 3.8) is 0 Å². The zero-order valence-electron chi connectivity index (χ0n) is 24.5. The van der Waals surface area contributed by atoms with Crippen LogP contribution in [0, 0.1) is 5.82 Å². The number of aromatic amines is 1. The lowest BCUT2D eigenvalue weighted by Gasteiger charge is -2.38. The van der Waals surface area contributed by atoms with E-state index in [1.54, 1.807) is 27.0 Å². The number of alkyl halides is 3. The molecule has 0 aliphatic carbocycles. The molecule has 1 fully saturated rings. The molecule has 2 N–H and O–H groups in total. The molecule has 0 spiro atoms. The van der Waals surface area contributed by atoms with E-state index in [2.05, 4.69) is 20.3 Å². The Balaban J connectivity index is 1.31. The predicted octanol–water partition coefficient (Wildman–Crippen LogP) is 6.21. The number of carbonyl (C=O) groups is 2. The molecule has 0 saturated carbocycles. The minimum Gasteiger partial charge on any atom is -0.444 e. The van der Waals surface area contributed by atoms with Crippen LogP contribution < -0.4 is 10.2 Å². The minimum absolute atomic E-state index is 0.0202. The van der Waals surface area contributed by atoms with Crippen LogP contribution in [-0.2, 0) is 23.8 Å². The van der Waals surface area contributed by atoms with Gasteiger partial charge in [-0.25, -0.2) is 19.2 Å². The number of hydrogen-bond donors (Lipinski definition) is 2. The van der Waals surface area contributed by atoms with Crippen LogP contribution in [0.4, 0.5) is 33.7 Å². The number of piperazine rings is 1. The third kappa shape index (κ3) is 7.09. The summed E-state index contributed by atoms with van der Waals surface area (Å²) < 4.78 is 63.3. The van der Waals surface area contributed by atoms with E-state index < -0.39 is 40.8 Å². The number of nitrogens with one attached hydrogen (secondary N) is 2. The molecule has 9 nitrogen and oxygen atoms in total. The van der Waals surface area contributed by atoms with Crippen molar-refractivity contribution < 1.29 is 31.9 Å². The Kier molecular flexibility index (Phi) is 8.49. The number of amides is 2. The number of ether oxygens (including phenoxy) is 1. The molecule has 3 heterocycles. The average molecular weight is 613 g/mol. The van der Waals surface area contributed by atoms with Crippen LogP contribution in [0.1, 0.15) is 47.8 Å². The topological polar surface area (TPSA) is 103 Å². The van der Waals surface area contributed by atoms with Gasteiger partial charge in [0.2, 0.25) is 0 Å². The highest BCUT2D eigenvalue weighted by Crippen LogP contribution is 2.42. The molecule has 2 aromatic carbocycles. The van der Waals surface area contributed by atoms with Crippen LogP contribution in [-0.4, -0.2) is 63.6 Å². The van der Waals surface area contributed by atoms with E-state index in [-0.39, 0.29) is 49.4 Å². The zero-order chi connectivity index (χ0) is 31.6. The van der Waals surface area contributed by atoms with Crippen LogP contribution in [0.15, 0.2) is 55.0 Å². The quantitative estimate of drug-likeness (QED) is 0.251. The fourth-order valence-corrected chi connectivity index (χ4v) is 5.05. The second-order valence-electron chi connectivity index (χ2n) is 11.5. The molecule has 1 saturated heterocycles. The number of H-pyrrole nitrogens is 1. The molecule has 232 valence electrons.